The van der Waals surface area contributed by atoms with E-state index in [1.54, 1.807) is 24.3 Å². The zero-order chi connectivity index (χ0) is 18.2. The van der Waals surface area contributed by atoms with Crippen LogP contribution in [0.1, 0.15) is 5.56 Å². The molecule has 5 heteroatoms. The molecule has 0 fully saturated rings. The number of benzene rings is 3. The monoisotopic (exact) mass is 346 g/mol. The van der Waals surface area contributed by atoms with Gasteiger partial charge in [-0.2, -0.15) is 5.10 Å². The summed E-state index contributed by atoms with van der Waals surface area (Å²) in [6, 6.07) is 24.0. The number of rotatable bonds is 6. The lowest BCUT2D eigenvalue weighted by Crippen LogP contribution is -2.24. The van der Waals surface area contributed by atoms with Gasteiger partial charge >= 0.3 is 0 Å². The Morgan fingerprint density at radius 1 is 1.00 bits per heavy atom. The number of hydrogen-bond acceptors (Lipinski definition) is 4. The van der Waals surface area contributed by atoms with Gasteiger partial charge in [0.15, 0.2) is 6.61 Å². The molecule has 26 heavy (non-hydrogen) atoms. The number of phenolic OH excluding ortho intramolecular Hbond substituents is 1. The van der Waals surface area contributed by atoms with Crippen LogP contribution in [-0.2, 0) is 4.79 Å². The molecule has 0 spiro atoms. The van der Waals surface area contributed by atoms with Crippen molar-refractivity contribution in [1.82, 2.24) is 5.43 Å². The van der Waals surface area contributed by atoms with Gasteiger partial charge < -0.3 is 9.84 Å². The molecule has 130 valence electrons. The first-order chi connectivity index (χ1) is 12.7. The number of hydrazone groups is 1. The molecule has 0 bridgehead atoms. The minimum absolute atomic E-state index is 0.140. The Morgan fingerprint density at radius 3 is 2.58 bits per heavy atom. The number of hydrogen-bond donors (Lipinski definition) is 2. The van der Waals surface area contributed by atoms with Crippen molar-refractivity contribution in [3.63, 3.8) is 0 Å². The first kappa shape index (κ1) is 17.2. The highest BCUT2D eigenvalue weighted by Crippen LogP contribution is 2.29. The third-order valence-electron chi connectivity index (χ3n) is 3.60. The molecule has 0 aromatic heterocycles. The maximum atomic E-state index is 11.9. The molecule has 1 amide bonds. The minimum atomic E-state index is -0.371. The van der Waals surface area contributed by atoms with E-state index in [2.05, 4.69) is 10.5 Å². The third kappa shape index (κ3) is 4.70. The molecule has 0 heterocycles. The van der Waals surface area contributed by atoms with E-state index >= 15 is 0 Å². The molecule has 0 saturated carbocycles. The molecule has 0 aliphatic heterocycles. The summed E-state index contributed by atoms with van der Waals surface area (Å²) in [6.07, 6.45) is 1.45. The SMILES string of the molecule is O=C(COc1ccccc1-c1ccccc1)N/N=C\c1cccc(O)c1. The molecule has 0 aliphatic carbocycles. The van der Waals surface area contributed by atoms with Gasteiger partial charge in [0.25, 0.3) is 5.91 Å². The number of aromatic hydroxyl groups is 1. The number of para-hydroxylation sites is 1. The highest BCUT2D eigenvalue weighted by molar-refractivity contribution is 5.83. The Hall–Kier alpha value is -3.60. The second-order valence-electron chi connectivity index (χ2n) is 5.54. The van der Waals surface area contributed by atoms with Crippen LogP contribution in [0.4, 0.5) is 0 Å². The summed E-state index contributed by atoms with van der Waals surface area (Å²) in [5, 5.41) is 13.2. The number of phenols is 1. The molecule has 5 nitrogen and oxygen atoms in total. The van der Waals surface area contributed by atoms with E-state index < -0.39 is 0 Å². The highest BCUT2D eigenvalue weighted by atomic mass is 16.5. The van der Waals surface area contributed by atoms with Crippen molar-refractivity contribution in [2.24, 2.45) is 5.10 Å². The largest absolute Gasteiger partial charge is 0.508 e. The van der Waals surface area contributed by atoms with Gasteiger partial charge in [0.05, 0.1) is 6.21 Å². The second kappa shape index (κ2) is 8.48. The molecule has 3 aromatic carbocycles. The van der Waals surface area contributed by atoms with E-state index in [4.69, 9.17) is 4.74 Å². The Morgan fingerprint density at radius 2 is 1.77 bits per heavy atom. The summed E-state index contributed by atoms with van der Waals surface area (Å²) in [5.41, 5.74) is 5.02. The zero-order valence-corrected chi connectivity index (χ0v) is 14.0. The van der Waals surface area contributed by atoms with Crippen molar-refractivity contribution in [3.05, 3.63) is 84.4 Å². The maximum absolute atomic E-state index is 11.9. The van der Waals surface area contributed by atoms with Crippen LogP contribution < -0.4 is 10.2 Å². The second-order valence-corrected chi connectivity index (χ2v) is 5.54. The fourth-order valence-corrected chi connectivity index (χ4v) is 2.41. The van der Waals surface area contributed by atoms with Crippen LogP contribution in [0.15, 0.2) is 84.0 Å². The van der Waals surface area contributed by atoms with Crippen LogP contribution in [-0.4, -0.2) is 23.8 Å². The highest BCUT2D eigenvalue weighted by Gasteiger charge is 2.07. The minimum Gasteiger partial charge on any atom is -0.508 e. The van der Waals surface area contributed by atoms with Gasteiger partial charge in [-0.05, 0) is 29.3 Å². The van der Waals surface area contributed by atoms with Crippen molar-refractivity contribution in [3.8, 4) is 22.6 Å². The van der Waals surface area contributed by atoms with Gasteiger partial charge in [-0.25, -0.2) is 5.43 Å². The molecular formula is C21H18N2O3. The van der Waals surface area contributed by atoms with Gasteiger partial charge in [-0.15, -0.1) is 0 Å². The number of amides is 1. The quantitative estimate of drug-likeness (QED) is 0.529. The fourth-order valence-electron chi connectivity index (χ4n) is 2.41. The Kier molecular flexibility index (Phi) is 5.62. The average Bonchev–Trinajstić information content (AvgIpc) is 2.67. The lowest BCUT2D eigenvalue weighted by molar-refractivity contribution is -0.123. The third-order valence-corrected chi connectivity index (χ3v) is 3.60. The molecule has 0 unspecified atom stereocenters. The summed E-state index contributed by atoms with van der Waals surface area (Å²) in [5.74, 6) is 0.399. The maximum Gasteiger partial charge on any atom is 0.277 e. The number of carbonyl (C=O) groups excluding carboxylic acids is 1. The smallest absolute Gasteiger partial charge is 0.277 e. The van der Waals surface area contributed by atoms with Crippen LogP contribution >= 0.6 is 0 Å². The van der Waals surface area contributed by atoms with Gasteiger partial charge in [0.1, 0.15) is 11.5 Å². The number of nitrogens with zero attached hydrogens (tertiary/aromatic N) is 1. The van der Waals surface area contributed by atoms with Crippen LogP contribution in [0.2, 0.25) is 0 Å². The molecule has 3 aromatic rings. The summed E-state index contributed by atoms with van der Waals surface area (Å²) >= 11 is 0. The Balaban J connectivity index is 1.58. The van der Waals surface area contributed by atoms with Crippen LogP contribution in [0, 0.1) is 0 Å². The first-order valence-electron chi connectivity index (χ1n) is 8.10. The molecule has 0 aliphatic rings. The van der Waals surface area contributed by atoms with E-state index in [1.165, 1.54) is 6.21 Å². The summed E-state index contributed by atoms with van der Waals surface area (Å²) in [6.45, 7) is -0.152. The predicted octanol–water partition coefficient (Wildman–Crippen LogP) is 3.59. The summed E-state index contributed by atoms with van der Waals surface area (Å²) in [4.78, 5) is 11.9. The lowest BCUT2D eigenvalue weighted by Gasteiger charge is -2.10. The number of nitrogens with one attached hydrogen (secondary N) is 1. The van der Waals surface area contributed by atoms with E-state index in [-0.39, 0.29) is 18.3 Å². The standard InChI is InChI=1S/C21H18N2O3/c24-18-10-6-7-16(13-18)14-22-23-21(25)15-26-20-12-5-4-11-19(20)17-8-2-1-3-9-17/h1-14,24H,15H2,(H,23,25)/b22-14-. The van der Waals surface area contributed by atoms with E-state index in [9.17, 15) is 9.90 Å². The molecule has 2 N–H and O–H groups in total. The first-order valence-corrected chi connectivity index (χ1v) is 8.10. The van der Waals surface area contributed by atoms with Crippen LogP contribution in [0.25, 0.3) is 11.1 Å². The van der Waals surface area contributed by atoms with Gasteiger partial charge in [-0.1, -0.05) is 60.7 Å². The number of ether oxygens (including phenoxy) is 1. The number of carbonyl (C=O) groups is 1. The van der Waals surface area contributed by atoms with E-state index in [1.807, 2.05) is 54.6 Å². The molecule has 0 saturated heterocycles. The Labute approximate surface area is 151 Å². The van der Waals surface area contributed by atoms with Crippen molar-refractivity contribution < 1.29 is 14.6 Å². The normalized spacial score (nSPS) is 10.6. The zero-order valence-electron chi connectivity index (χ0n) is 14.0. The van der Waals surface area contributed by atoms with Crippen molar-refractivity contribution in [2.75, 3.05) is 6.61 Å². The van der Waals surface area contributed by atoms with Gasteiger partial charge in [0, 0.05) is 5.56 Å². The van der Waals surface area contributed by atoms with Gasteiger partial charge in [0.2, 0.25) is 0 Å². The van der Waals surface area contributed by atoms with Crippen molar-refractivity contribution >= 4 is 12.1 Å². The summed E-state index contributed by atoms with van der Waals surface area (Å²) < 4.78 is 5.65. The average molecular weight is 346 g/mol. The van der Waals surface area contributed by atoms with Crippen molar-refractivity contribution in [2.45, 2.75) is 0 Å². The lowest BCUT2D eigenvalue weighted by atomic mass is 10.1. The Bertz CT molecular complexity index is 908. The van der Waals surface area contributed by atoms with Crippen LogP contribution in [0.5, 0.6) is 11.5 Å². The van der Waals surface area contributed by atoms with E-state index in [0.29, 0.717) is 11.3 Å². The predicted molar refractivity (Wildman–Crippen MR) is 101 cm³/mol. The van der Waals surface area contributed by atoms with E-state index in [0.717, 1.165) is 11.1 Å². The fraction of sp³-hybridized carbons (Fsp3) is 0.0476. The molecule has 0 atom stereocenters. The molecular weight excluding hydrogens is 328 g/mol. The van der Waals surface area contributed by atoms with Gasteiger partial charge in [-0.3, -0.25) is 4.79 Å². The topological polar surface area (TPSA) is 70.9 Å². The molecule has 3 rings (SSSR count). The molecule has 0 radical (unpaired) electrons. The summed E-state index contributed by atoms with van der Waals surface area (Å²) in [7, 11) is 0. The van der Waals surface area contributed by atoms with Crippen LogP contribution in [0.3, 0.4) is 0 Å². The van der Waals surface area contributed by atoms with Crippen molar-refractivity contribution in [1.29, 1.82) is 0 Å².